The van der Waals surface area contributed by atoms with E-state index < -0.39 is 0 Å². The van der Waals surface area contributed by atoms with Crippen LogP contribution in [0.25, 0.3) is 77.2 Å². The average Bonchev–Trinajstić information content (AvgIpc) is 3.77. The van der Waals surface area contributed by atoms with Crippen LogP contribution in [0.4, 0.5) is 17.1 Å². The van der Waals surface area contributed by atoms with Crippen molar-refractivity contribution >= 4 is 71.6 Å². The van der Waals surface area contributed by atoms with Gasteiger partial charge in [-0.25, -0.2) is 4.98 Å². The van der Waals surface area contributed by atoms with Gasteiger partial charge in [-0.3, -0.25) is 0 Å². The van der Waals surface area contributed by atoms with E-state index in [2.05, 4.69) is 144 Å². The van der Waals surface area contributed by atoms with Crippen molar-refractivity contribution in [3.05, 3.63) is 170 Å². The van der Waals surface area contributed by atoms with Crippen molar-refractivity contribution in [2.45, 2.75) is 0 Å². The van der Waals surface area contributed by atoms with Crippen molar-refractivity contribution in [1.82, 2.24) is 4.98 Å². The summed E-state index contributed by atoms with van der Waals surface area (Å²) in [6.45, 7) is 0. The van der Waals surface area contributed by atoms with Crippen molar-refractivity contribution < 1.29 is 8.83 Å². The summed E-state index contributed by atoms with van der Waals surface area (Å²) in [5.41, 5.74) is 9.61. The van der Waals surface area contributed by atoms with Crippen LogP contribution in [0.3, 0.4) is 0 Å². The molecule has 10 rings (SSSR count). The Labute approximate surface area is 282 Å². The SMILES string of the molecule is c1ccc(N(c2ccc3c(c2)oc2cccc(-c4nc5c(ccc6ccccc65)o4)c23)c2ccccc2-c2cccc3ccccc23)cc1. The minimum absolute atomic E-state index is 0.582. The standard InChI is InChI=1S/C45H28N2O2/c1-2-15-31(16-3-1)47(39-22-9-8-19-36(39)35-20-10-14-29-12-4-6-17-33(29)35)32-25-26-37-42(28-32)48-40-23-11-21-38(43(37)40)45-46-44-34-18-7-5-13-30(34)24-27-41(44)49-45/h1-28H. The second-order valence-electron chi connectivity index (χ2n) is 12.3. The van der Waals surface area contributed by atoms with Crippen LogP contribution in [0, 0.1) is 0 Å². The lowest BCUT2D eigenvalue weighted by molar-refractivity contribution is 0.620. The molecule has 0 aliphatic rings. The van der Waals surface area contributed by atoms with Crippen molar-refractivity contribution in [2.75, 3.05) is 4.90 Å². The molecule has 0 atom stereocenters. The van der Waals surface area contributed by atoms with E-state index in [9.17, 15) is 0 Å². The topological polar surface area (TPSA) is 42.4 Å². The van der Waals surface area contributed by atoms with E-state index >= 15 is 0 Å². The highest BCUT2D eigenvalue weighted by Crippen LogP contribution is 2.45. The summed E-state index contributed by atoms with van der Waals surface area (Å²) < 4.78 is 13.0. The van der Waals surface area contributed by atoms with E-state index in [1.165, 1.54) is 16.3 Å². The molecule has 49 heavy (non-hydrogen) atoms. The lowest BCUT2D eigenvalue weighted by Gasteiger charge is -2.28. The molecule has 2 heterocycles. The molecule has 0 saturated carbocycles. The summed E-state index contributed by atoms with van der Waals surface area (Å²) in [6.07, 6.45) is 0. The summed E-state index contributed by atoms with van der Waals surface area (Å²) in [6, 6.07) is 59.2. The van der Waals surface area contributed by atoms with Crippen LogP contribution in [0.1, 0.15) is 0 Å². The summed E-state index contributed by atoms with van der Waals surface area (Å²) in [7, 11) is 0. The van der Waals surface area contributed by atoms with Crippen LogP contribution in [0.5, 0.6) is 0 Å². The Kier molecular flexibility index (Phi) is 6.15. The van der Waals surface area contributed by atoms with Crippen LogP contribution in [-0.2, 0) is 0 Å². The van der Waals surface area contributed by atoms with Gasteiger partial charge in [-0.05, 0) is 70.3 Å². The van der Waals surface area contributed by atoms with Gasteiger partial charge in [-0.15, -0.1) is 0 Å². The van der Waals surface area contributed by atoms with Crippen molar-refractivity contribution in [3.8, 4) is 22.6 Å². The molecule has 8 aromatic carbocycles. The number of benzene rings is 8. The first kappa shape index (κ1) is 27.5. The number of nitrogens with zero attached hydrogens (tertiary/aromatic N) is 2. The van der Waals surface area contributed by atoms with E-state index in [0.717, 1.165) is 72.0 Å². The maximum absolute atomic E-state index is 6.60. The number of rotatable bonds is 5. The number of anilines is 3. The van der Waals surface area contributed by atoms with Crippen LogP contribution in [-0.4, -0.2) is 4.98 Å². The van der Waals surface area contributed by atoms with Gasteiger partial charge in [0.1, 0.15) is 16.7 Å². The van der Waals surface area contributed by atoms with E-state index in [1.807, 2.05) is 30.3 Å². The number of fused-ring (bicyclic) bond motifs is 7. The molecule has 0 unspecified atom stereocenters. The highest BCUT2D eigenvalue weighted by Gasteiger charge is 2.21. The zero-order valence-electron chi connectivity index (χ0n) is 26.4. The molecule has 0 aliphatic heterocycles. The van der Waals surface area contributed by atoms with Gasteiger partial charge in [0.15, 0.2) is 5.58 Å². The Morgan fingerprint density at radius 1 is 0.408 bits per heavy atom. The minimum atomic E-state index is 0.582. The van der Waals surface area contributed by atoms with Crippen LogP contribution < -0.4 is 4.90 Å². The number of hydrogen-bond acceptors (Lipinski definition) is 4. The Bertz CT molecular complexity index is 2840. The van der Waals surface area contributed by atoms with Crippen molar-refractivity contribution in [2.24, 2.45) is 0 Å². The highest BCUT2D eigenvalue weighted by molar-refractivity contribution is 6.13. The summed E-state index contributed by atoms with van der Waals surface area (Å²) in [5.74, 6) is 0.582. The largest absolute Gasteiger partial charge is 0.456 e. The first-order valence-electron chi connectivity index (χ1n) is 16.5. The first-order chi connectivity index (χ1) is 24.3. The normalized spacial score (nSPS) is 11.7. The monoisotopic (exact) mass is 628 g/mol. The van der Waals surface area contributed by atoms with Crippen molar-refractivity contribution in [1.29, 1.82) is 0 Å². The van der Waals surface area contributed by atoms with E-state index in [1.54, 1.807) is 0 Å². The smallest absolute Gasteiger partial charge is 0.228 e. The average molecular weight is 629 g/mol. The second kappa shape index (κ2) is 11.0. The maximum atomic E-state index is 6.60. The minimum Gasteiger partial charge on any atom is -0.456 e. The molecule has 0 aliphatic carbocycles. The van der Waals surface area contributed by atoms with Gasteiger partial charge in [0.25, 0.3) is 0 Å². The Balaban J connectivity index is 1.16. The number of furan rings is 1. The molecule has 0 fully saturated rings. The van der Waals surface area contributed by atoms with E-state index in [-0.39, 0.29) is 0 Å². The van der Waals surface area contributed by atoms with Gasteiger partial charge in [-0.1, -0.05) is 115 Å². The van der Waals surface area contributed by atoms with Gasteiger partial charge in [0, 0.05) is 44.7 Å². The zero-order valence-corrected chi connectivity index (χ0v) is 26.4. The molecule has 0 amide bonds. The number of para-hydroxylation sites is 2. The Hall–Kier alpha value is -6.65. The Morgan fingerprint density at radius 2 is 1.10 bits per heavy atom. The second-order valence-corrected chi connectivity index (χ2v) is 12.3. The first-order valence-corrected chi connectivity index (χ1v) is 16.5. The molecule has 0 radical (unpaired) electrons. The lowest BCUT2D eigenvalue weighted by atomic mass is 9.96. The predicted molar refractivity (Wildman–Crippen MR) is 202 cm³/mol. The molecule has 4 nitrogen and oxygen atoms in total. The molecule has 10 aromatic rings. The summed E-state index contributed by atoms with van der Waals surface area (Å²) in [5, 5.41) is 6.65. The van der Waals surface area contributed by atoms with Gasteiger partial charge < -0.3 is 13.7 Å². The number of hydrogen-bond donors (Lipinski definition) is 0. The highest BCUT2D eigenvalue weighted by atomic mass is 16.3. The maximum Gasteiger partial charge on any atom is 0.228 e. The third-order valence-corrected chi connectivity index (χ3v) is 9.49. The van der Waals surface area contributed by atoms with Gasteiger partial charge >= 0.3 is 0 Å². The van der Waals surface area contributed by atoms with Crippen LogP contribution in [0.15, 0.2) is 179 Å². The molecule has 0 spiro atoms. The predicted octanol–water partition coefficient (Wildman–Crippen LogP) is 12.8. The number of aromatic nitrogens is 1. The van der Waals surface area contributed by atoms with Crippen molar-refractivity contribution in [3.63, 3.8) is 0 Å². The Morgan fingerprint density at radius 3 is 2.00 bits per heavy atom. The molecule has 0 saturated heterocycles. The van der Waals surface area contributed by atoms with Gasteiger partial charge in [0.05, 0.1) is 5.69 Å². The fourth-order valence-corrected chi connectivity index (χ4v) is 7.27. The van der Waals surface area contributed by atoms with Gasteiger partial charge in [-0.2, -0.15) is 0 Å². The fourth-order valence-electron chi connectivity index (χ4n) is 7.27. The summed E-state index contributed by atoms with van der Waals surface area (Å²) >= 11 is 0. The van der Waals surface area contributed by atoms with E-state index in [4.69, 9.17) is 13.8 Å². The summed E-state index contributed by atoms with van der Waals surface area (Å²) in [4.78, 5) is 7.33. The molecular formula is C45H28N2O2. The third-order valence-electron chi connectivity index (χ3n) is 9.49. The molecular weight excluding hydrogens is 601 g/mol. The molecule has 230 valence electrons. The molecule has 2 aromatic heterocycles. The van der Waals surface area contributed by atoms with Crippen LogP contribution in [0.2, 0.25) is 0 Å². The molecule has 4 heteroatoms. The number of oxazole rings is 1. The quantitative estimate of drug-likeness (QED) is 0.190. The van der Waals surface area contributed by atoms with Gasteiger partial charge in [0.2, 0.25) is 5.89 Å². The lowest BCUT2D eigenvalue weighted by Crippen LogP contribution is -2.11. The third kappa shape index (κ3) is 4.42. The fraction of sp³-hybridized carbons (Fsp3) is 0. The zero-order chi connectivity index (χ0) is 32.3. The van der Waals surface area contributed by atoms with E-state index in [0.29, 0.717) is 5.89 Å². The van der Waals surface area contributed by atoms with Crippen LogP contribution >= 0.6 is 0 Å². The molecule has 0 N–H and O–H groups in total. The molecule has 0 bridgehead atoms.